The topological polar surface area (TPSA) is 50.1 Å². The Balaban J connectivity index is 3.60. The summed E-state index contributed by atoms with van der Waals surface area (Å²) in [5.41, 5.74) is 0. The number of rotatable bonds is 5. The molecule has 0 heterocycles. The monoisotopic (exact) mass is 154 g/mol. The van der Waals surface area contributed by atoms with Crippen LogP contribution < -0.4 is 0 Å². The van der Waals surface area contributed by atoms with E-state index in [9.17, 15) is 4.79 Å². The average Bonchev–Trinajstić information content (AvgIpc) is 1.97. The molecule has 3 heteroatoms. The van der Waals surface area contributed by atoms with E-state index in [0.717, 1.165) is 6.42 Å². The standard InChI is InChI=1S/C8H12NO2/c1-7(2)3-8(4-9)5-11-6-10/h7-8H,3,5H2,1-2H3. The van der Waals surface area contributed by atoms with Crippen LogP contribution in [0.25, 0.3) is 0 Å². The molecule has 0 aliphatic heterocycles. The molecule has 0 N–H and O–H groups in total. The molecule has 0 aliphatic carbocycles. The molecule has 0 rings (SSSR count). The van der Waals surface area contributed by atoms with Gasteiger partial charge in [0.2, 0.25) is 0 Å². The second-order valence-corrected chi connectivity index (χ2v) is 2.85. The third-order valence-corrected chi connectivity index (χ3v) is 1.28. The molecule has 0 bridgehead atoms. The van der Waals surface area contributed by atoms with E-state index in [1.165, 1.54) is 6.47 Å². The van der Waals surface area contributed by atoms with Gasteiger partial charge in [-0.25, -0.2) is 4.79 Å². The third-order valence-electron chi connectivity index (χ3n) is 1.28. The highest BCUT2D eigenvalue weighted by Gasteiger charge is 2.09. The number of hydrogen-bond donors (Lipinski definition) is 0. The van der Waals surface area contributed by atoms with Crippen LogP contribution in [0.5, 0.6) is 0 Å². The lowest BCUT2D eigenvalue weighted by Gasteiger charge is -2.08. The Morgan fingerprint density at radius 3 is 2.55 bits per heavy atom. The van der Waals surface area contributed by atoms with Gasteiger partial charge in [0, 0.05) is 0 Å². The molecule has 0 aromatic carbocycles. The van der Waals surface area contributed by atoms with Crippen molar-refractivity contribution in [2.45, 2.75) is 20.3 Å². The quantitative estimate of drug-likeness (QED) is 0.599. The molecule has 1 radical (unpaired) electrons. The number of nitriles is 1. The summed E-state index contributed by atoms with van der Waals surface area (Å²) >= 11 is 0. The van der Waals surface area contributed by atoms with Gasteiger partial charge in [0.25, 0.3) is 0 Å². The predicted octanol–water partition coefficient (Wildman–Crippen LogP) is 1.26. The van der Waals surface area contributed by atoms with Gasteiger partial charge < -0.3 is 4.74 Å². The Labute approximate surface area is 67.0 Å². The third kappa shape index (κ3) is 5.41. The van der Waals surface area contributed by atoms with Gasteiger partial charge in [0.05, 0.1) is 12.0 Å². The second kappa shape index (κ2) is 5.72. The minimum absolute atomic E-state index is 0.165. The van der Waals surface area contributed by atoms with Gasteiger partial charge in [-0.15, -0.1) is 0 Å². The summed E-state index contributed by atoms with van der Waals surface area (Å²) < 4.78 is 4.36. The molecule has 1 unspecified atom stereocenters. The molecule has 0 aliphatic rings. The fourth-order valence-electron chi connectivity index (χ4n) is 0.862. The predicted molar refractivity (Wildman–Crippen MR) is 40.2 cm³/mol. The van der Waals surface area contributed by atoms with Crippen LogP contribution in [-0.2, 0) is 9.53 Å². The molecule has 3 nitrogen and oxygen atoms in total. The number of carbonyl (C=O) groups excluding carboxylic acids is 1. The van der Waals surface area contributed by atoms with E-state index in [-0.39, 0.29) is 12.5 Å². The minimum atomic E-state index is -0.184. The molecular weight excluding hydrogens is 142 g/mol. The minimum Gasteiger partial charge on any atom is -0.456 e. The molecular formula is C8H12NO2. The Morgan fingerprint density at radius 1 is 1.55 bits per heavy atom. The highest BCUT2D eigenvalue weighted by molar-refractivity contribution is 5.38. The fourth-order valence-corrected chi connectivity index (χ4v) is 0.862. The van der Waals surface area contributed by atoms with E-state index < -0.39 is 0 Å². The Morgan fingerprint density at radius 2 is 2.18 bits per heavy atom. The van der Waals surface area contributed by atoms with E-state index >= 15 is 0 Å². The zero-order valence-corrected chi connectivity index (χ0v) is 6.83. The molecule has 0 fully saturated rings. The summed E-state index contributed by atoms with van der Waals surface area (Å²) in [6.07, 6.45) is 0.762. The van der Waals surface area contributed by atoms with E-state index in [0.29, 0.717) is 5.92 Å². The van der Waals surface area contributed by atoms with Crippen molar-refractivity contribution in [2.24, 2.45) is 11.8 Å². The molecule has 0 spiro atoms. The number of ether oxygens (including phenoxy) is 1. The molecule has 0 aromatic heterocycles. The van der Waals surface area contributed by atoms with Crippen LogP contribution in [0.2, 0.25) is 0 Å². The maximum atomic E-state index is 9.65. The van der Waals surface area contributed by atoms with Gasteiger partial charge >= 0.3 is 6.47 Å². The normalized spacial score (nSPS) is 12.2. The molecule has 0 amide bonds. The largest absolute Gasteiger partial charge is 0.456 e. The van der Waals surface area contributed by atoms with Gasteiger partial charge in [-0.1, -0.05) is 13.8 Å². The first-order valence-corrected chi connectivity index (χ1v) is 3.59. The van der Waals surface area contributed by atoms with E-state index in [1.807, 2.05) is 13.8 Å². The zero-order valence-electron chi connectivity index (χ0n) is 6.83. The van der Waals surface area contributed by atoms with Crippen molar-refractivity contribution >= 4 is 6.47 Å². The molecule has 11 heavy (non-hydrogen) atoms. The van der Waals surface area contributed by atoms with Crippen molar-refractivity contribution in [1.82, 2.24) is 0 Å². The number of hydrogen-bond acceptors (Lipinski definition) is 3. The summed E-state index contributed by atoms with van der Waals surface area (Å²) in [5, 5.41) is 8.54. The molecule has 0 aromatic rings. The Bertz CT molecular complexity index is 149. The van der Waals surface area contributed by atoms with Crippen LogP contribution in [0, 0.1) is 23.2 Å². The van der Waals surface area contributed by atoms with Crippen LogP contribution in [0.15, 0.2) is 0 Å². The molecule has 0 saturated heterocycles. The molecule has 61 valence electrons. The lowest BCUT2D eigenvalue weighted by molar-refractivity contribution is 0.233. The smallest absolute Gasteiger partial charge is 0.417 e. The van der Waals surface area contributed by atoms with Crippen LogP contribution in [-0.4, -0.2) is 13.1 Å². The van der Waals surface area contributed by atoms with Crippen molar-refractivity contribution < 1.29 is 9.53 Å². The van der Waals surface area contributed by atoms with Crippen molar-refractivity contribution in [3.8, 4) is 6.07 Å². The van der Waals surface area contributed by atoms with Crippen LogP contribution in [0.4, 0.5) is 0 Å². The summed E-state index contributed by atoms with van der Waals surface area (Å²) in [5.74, 6) is 0.270. The maximum Gasteiger partial charge on any atom is 0.417 e. The van der Waals surface area contributed by atoms with Crippen LogP contribution in [0.1, 0.15) is 20.3 Å². The Kier molecular flexibility index (Phi) is 5.18. The number of nitrogens with zero attached hydrogens (tertiary/aromatic N) is 1. The molecule has 1 atom stereocenters. The van der Waals surface area contributed by atoms with Gasteiger partial charge in [-0.2, -0.15) is 5.26 Å². The fraction of sp³-hybridized carbons (Fsp3) is 0.750. The molecule has 0 saturated carbocycles. The van der Waals surface area contributed by atoms with Gasteiger partial charge in [-0.3, -0.25) is 0 Å². The van der Waals surface area contributed by atoms with E-state index in [4.69, 9.17) is 5.26 Å². The van der Waals surface area contributed by atoms with Crippen molar-refractivity contribution in [3.63, 3.8) is 0 Å². The van der Waals surface area contributed by atoms with Gasteiger partial charge in [-0.05, 0) is 12.3 Å². The van der Waals surface area contributed by atoms with Crippen molar-refractivity contribution in [3.05, 3.63) is 0 Å². The first-order chi connectivity index (χ1) is 5.20. The SMILES string of the molecule is CC(C)CC(C#N)CO[C]=O. The first-order valence-electron chi connectivity index (χ1n) is 3.59. The summed E-state index contributed by atoms with van der Waals surface area (Å²) in [6.45, 7) is 5.52. The average molecular weight is 154 g/mol. The van der Waals surface area contributed by atoms with E-state index in [1.54, 1.807) is 0 Å². The van der Waals surface area contributed by atoms with Crippen molar-refractivity contribution in [2.75, 3.05) is 6.61 Å². The lowest BCUT2D eigenvalue weighted by atomic mass is 9.99. The summed E-state index contributed by atoms with van der Waals surface area (Å²) in [4.78, 5) is 9.65. The van der Waals surface area contributed by atoms with Gasteiger partial charge in [0.1, 0.15) is 6.61 Å². The van der Waals surface area contributed by atoms with E-state index in [2.05, 4.69) is 10.8 Å². The highest BCUT2D eigenvalue weighted by Crippen LogP contribution is 2.10. The van der Waals surface area contributed by atoms with Crippen LogP contribution in [0.3, 0.4) is 0 Å². The highest BCUT2D eigenvalue weighted by atomic mass is 16.5. The summed E-state index contributed by atoms with van der Waals surface area (Å²) in [7, 11) is 0. The first kappa shape index (κ1) is 9.96. The summed E-state index contributed by atoms with van der Waals surface area (Å²) in [6, 6.07) is 2.06. The van der Waals surface area contributed by atoms with Gasteiger partial charge in [0.15, 0.2) is 0 Å². The second-order valence-electron chi connectivity index (χ2n) is 2.85. The lowest BCUT2D eigenvalue weighted by Crippen LogP contribution is -2.09. The van der Waals surface area contributed by atoms with Crippen molar-refractivity contribution in [1.29, 1.82) is 5.26 Å². The maximum absolute atomic E-state index is 9.65. The Hall–Kier alpha value is -1.04. The zero-order chi connectivity index (χ0) is 8.69. The van der Waals surface area contributed by atoms with Crippen LogP contribution >= 0.6 is 0 Å².